The number of hydrogen-bond acceptors (Lipinski definition) is 6. The van der Waals surface area contributed by atoms with E-state index in [0.29, 0.717) is 16.6 Å². The van der Waals surface area contributed by atoms with Crippen LogP contribution in [0, 0.1) is 5.82 Å². The standard InChI is InChI=1S/C27H22ClFN4O3S/c1-36-19-12-8-16(9-13-19)22-14-23(17-6-10-18(28)11-7-17)33(32-22)27-31-26(35)24(37-27)15-25(34)30-21-5-3-2-4-20(21)29/h2-13,23-24H,14-15H2,1H3,(H,30,34)/t23-,24+/m1/s1. The van der Waals surface area contributed by atoms with Crippen molar-refractivity contribution in [1.29, 1.82) is 0 Å². The monoisotopic (exact) mass is 536 g/mol. The Balaban J connectivity index is 1.36. The van der Waals surface area contributed by atoms with E-state index in [-0.39, 0.29) is 18.2 Å². The number of benzene rings is 3. The van der Waals surface area contributed by atoms with Gasteiger partial charge in [-0.1, -0.05) is 47.6 Å². The number of ether oxygens (including phenoxy) is 1. The molecule has 0 bridgehead atoms. The van der Waals surface area contributed by atoms with Gasteiger partial charge in [0.25, 0.3) is 5.91 Å². The van der Waals surface area contributed by atoms with Gasteiger partial charge >= 0.3 is 0 Å². The molecule has 2 atom stereocenters. The van der Waals surface area contributed by atoms with E-state index in [1.165, 1.54) is 30.0 Å². The van der Waals surface area contributed by atoms with E-state index in [9.17, 15) is 14.0 Å². The molecule has 0 spiro atoms. The molecule has 3 aromatic carbocycles. The number of hydrogen-bond donors (Lipinski definition) is 1. The van der Waals surface area contributed by atoms with Gasteiger partial charge in [-0.15, -0.1) is 0 Å². The summed E-state index contributed by atoms with van der Waals surface area (Å²) >= 11 is 7.28. The van der Waals surface area contributed by atoms with Crippen molar-refractivity contribution in [2.75, 3.05) is 12.4 Å². The SMILES string of the molecule is COc1ccc(C2=NN(C3=NC(=O)[C@H](CC(=O)Nc4ccccc4F)S3)[C@@H](c3ccc(Cl)cc3)C2)cc1. The zero-order valence-corrected chi connectivity index (χ0v) is 21.3. The molecule has 37 heavy (non-hydrogen) atoms. The fraction of sp³-hybridized carbons (Fsp3) is 0.185. The molecule has 188 valence electrons. The maximum absolute atomic E-state index is 13.9. The summed E-state index contributed by atoms with van der Waals surface area (Å²) in [6.07, 6.45) is 0.444. The van der Waals surface area contributed by atoms with E-state index in [2.05, 4.69) is 10.3 Å². The molecule has 10 heteroatoms. The number of rotatable bonds is 6. The number of para-hydroxylation sites is 1. The third kappa shape index (κ3) is 5.52. The molecule has 0 unspecified atom stereocenters. The molecule has 2 aliphatic heterocycles. The highest BCUT2D eigenvalue weighted by Crippen LogP contribution is 2.39. The molecule has 0 fully saturated rings. The lowest BCUT2D eigenvalue weighted by molar-refractivity contribution is -0.121. The molecule has 7 nitrogen and oxygen atoms in total. The molecular formula is C27H22ClFN4O3S. The number of nitrogens with zero attached hydrogens (tertiary/aromatic N) is 3. The Kier molecular flexibility index (Phi) is 7.25. The zero-order valence-electron chi connectivity index (χ0n) is 19.7. The van der Waals surface area contributed by atoms with E-state index < -0.39 is 22.9 Å². The maximum Gasteiger partial charge on any atom is 0.262 e. The van der Waals surface area contributed by atoms with Gasteiger partial charge in [0.2, 0.25) is 5.91 Å². The van der Waals surface area contributed by atoms with Crippen LogP contribution in [0.3, 0.4) is 0 Å². The van der Waals surface area contributed by atoms with E-state index in [1.807, 2.05) is 48.5 Å². The number of hydrazone groups is 1. The third-order valence-corrected chi connectivity index (χ3v) is 7.43. The Morgan fingerprint density at radius 1 is 1.14 bits per heavy atom. The van der Waals surface area contributed by atoms with Gasteiger partial charge in [-0.2, -0.15) is 10.1 Å². The van der Waals surface area contributed by atoms with Crippen molar-refractivity contribution in [1.82, 2.24) is 5.01 Å². The topological polar surface area (TPSA) is 83.4 Å². The summed E-state index contributed by atoms with van der Waals surface area (Å²) in [6, 6.07) is 20.8. The van der Waals surface area contributed by atoms with Crippen LogP contribution in [0.15, 0.2) is 82.9 Å². The summed E-state index contributed by atoms with van der Waals surface area (Å²) in [5, 5.41) is 9.39. The first-order valence-electron chi connectivity index (χ1n) is 11.5. The molecule has 2 aliphatic rings. The zero-order chi connectivity index (χ0) is 25.9. The number of carbonyl (C=O) groups is 2. The second kappa shape index (κ2) is 10.7. The average molecular weight is 537 g/mol. The van der Waals surface area contributed by atoms with Gasteiger partial charge in [-0.05, 0) is 59.7 Å². The number of methoxy groups -OCH3 is 1. The van der Waals surface area contributed by atoms with Crippen molar-refractivity contribution in [2.45, 2.75) is 24.1 Å². The Morgan fingerprint density at radius 3 is 2.57 bits per heavy atom. The normalized spacial score (nSPS) is 19.0. The first-order valence-corrected chi connectivity index (χ1v) is 12.8. The molecule has 2 amide bonds. The van der Waals surface area contributed by atoms with Gasteiger partial charge in [0, 0.05) is 17.9 Å². The maximum atomic E-state index is 13.9. The number of carbonyl (C=O) groups excluding carboxylic acids is 2. The van der Waals surface area contributed by atoms with E-state index in [1.54, 1.807) is 18.2 Å². The average Bonchev–Trinajstić information content (AvgIpc) is 3.50. The lowest BCUT2D eigenvalue weighted by Crippen LogP contribution is -2.25. The molecule has 0 radical (unpaired) electrons. The predicted molar refractivity (Wildman–Crippen MR) is 144 cm³/mol. The van der Waals surface area contributed by atoms with Crippen LogP contribution in [0.25, 0.3) is 0 Å². The summed E-state index contributed by atoms with van der Waals surface area (Å²) in [4.78, 5) is 29.5. The van der Waals surface area contributed by atoms with Crippen LogP contribution in [-0.2, 0) is 9.59 Å². The van der Waals surface area contributed by atoms with E-state index >= 15 is 0 Å². The van der Waals surface area contributed by atoms with Crippen LogP contribution in [-0.4, -0.2) is 40.1 Å². The lowest BCUT2D eigenvalue weighted by atomic mass is 9.98. The summed E-state index contributed by atoms with van der Waals surface area (Å²) in [6.45, 7) is 0. The number of nitrogens with one attached hydrogen (secondary N) is 1. The van der Waals surface area contributed by atoms with Crippen molar-refractivity contribution in [3.8, 4) is 5.75 Å². The number of aliphatic imine (C=N–C) groups is 1. The minimum atomic E-state index is -0.729. The van der Waals surface area contributed by atoms with Gasteiger partial charge in [0.15, 0.2) is 5.17 Å². The molecule has 0 aromatic heterocycles. The Bertz CT molecular complexity index is 1400. The number of amides is 2. The second-order valence-corrected chi connectivity index (χ2v) is 10.1. The Labute approximate surface area is 222 Å². The summed E-state index contributed by atoms with van der Waals surface area (Å²) < 4.78 is 19.2. The third-order valence-electron chi connectivity index (χ3n) is 6.03. The minimum absolute atomic E-state index is 0.0696. The number of amidine groups is 1. The molecule has 0 aliphatic carbocycles. The number of halogens is 2. The number of thioether (sulfide) groups is 1. The first kappa shape index (κ1) is 25.0. The van der Waals surface area contributed by atoms with Crippen LogP contribution in [0.1, 0.15) is 30.0 Å². The van der Waals surface area contributed by atoms with Gasteiger partial charge in [0.05, 0.1) is 24.6 Å². The van der Waals surface area contributed by atoms with Crippen molar-refractivity contribution >= 4 is 51.7 Å². The van der Waals surface area contributed by atoms with Gasteiger partial charge in [0.1, 0.15) is 16.8 Å². The fourth-order valence-electron chi connectivity index (χ4n) is 4.13. The van der Waals surface area contributed by atoms with Crippen molar-refractivity contribution in [3.05, 3.63) is 94.8 Å². The minimum Gasteiger partial charge on any atom is -0.497 e. The van der Waals surface area contributed by atoms with Crippen molar-refractivity contribution in [3.63, 3.8) is 0 Å². The predicted octanol–water partition coefficient (Wildman–Crippen LogP) is 5.67. The fourth-order valence-corrected chi connectivity index (χ4v) is 5.31. The Morgan fingerprint density at radius 2 is 1.86 bits per heavy atom. The largest absolute Gasteiger partial charge is 0.497 e. The van der Waals surface area contributed by atoms with E-state index in [0.717, 1.165) is 22.6 Å². The summed E-state index contributed by atoms with van der Waals surface area (Å²) in [5.74, 6) is -0.690. The van der Waals surface area contributed by atoms with Crippen LogP contribution in [0.5, 0.6) is 5.75 Å². The van der Waals surface area contributed by atoms with Gasteiger partial charge in [-0.3, -0.25) is 9.59 Å². The van der Waals surface area contributed by atoms with Crippen molar-refractivity contribution in [2.24, 2.45) is 10.1 Å². The molecule has 5 rings (SSSR count). The highest BCUT2D eigenvalue weighted by molar-refractivity contribution is 8.15. The molecule has 1 N–H and O–H groups in total. The highest BCUT2D eigenvalue weighted by Gasteiger charge is 2.39. The molecule has 3 aromatic rings. The molecule has 2 heterocycles. The highest BCUT2D eigenvalue weighted by atomic mass is 35.5. The first-order chi connectivity index (χ1) is 17.9. The smallest absolute Gasteiger partial charge is 0.262 e. The lowest BCUT2D eigenvalue weighted by Gasteiger charge is -2.23. The van der Waals surface area contributed by atoms with Crippen molar-refractivity contribution < 1.29 is 18.7 Å². The van der Waals surface area contributed by atoms with Crippen LogP contribution in [0.4, 0.5) is 10.1 Å². The molecule has 0 saturated carbocycles. The summed E-state index contributed by atoms with van der Waals surface area (Å²) in [5.41, 5.74) is 2.80. The number of anilines is 1. The Hall–Kier alpha value is -3.69. The molecule has 0 saturated heterocycles. The van der Waals surface area contributed by atoms with Crippen LogP contribution >= 0.6 is 23.4 Å². The molecular weight excluding hydrogens is 515 g/mol. The van der Waals surface area contributed by atoms with Gasteiger partial charge in [-0.25, -0.2) is 9.40 Å². The van der Waals surface area contributed by atoms with E-state index in [4.69, 9.17) is 21.4 Å². The summed E-state index contributed by atoms with van der Waals surface area (Å²) in [7, 11) is 1.61. The van der Waals surface area contributed by atoms with Crippen LogP contribution in [0.2, 0.25) is 5.02 Å². The van der Waals surface area contributed by atoms with Gasteiger partial charge < -0.3 is 10.1 Å². The second-order valence-electron chi connectivity index (χ2n) is 8.46. The van der Waals surface area contributed by atoms with Crippen LogP contribution < -0.4 is 10.1 Å². The quantitative estimate of drug-likeness (QED) is 0.439.